The maximum Gasteiger partial charge on any atom is 0.0702 e. The van der Waals surface area contributed by atoms with Crippen molar-refractivity contribution in [3.05, 3.63) is 0 Å². The maximum absolute atomic E-state index is 8.78. The van der Waals surface area contributed by atoms with E-state index in [0.29, 0.717) is 18.8 Å². The highest BCUT2D eigenvalue weighted by Gasteiger charge is 2.31. The van der Waals surface area contributed by atoms with Crippen LogP contribution in [0.25, 0.3) is 0 Å². The van der Waals surface area contributed by atoms with Crippen LogP contribution in [-0.2, 0) is 4.74 Å². The molecule has 0 aromatic rings. The first-order valence-corrected chi connectivity index (χ1v) is 5.36. The molecule has 0 radical (unpaired) electrons. The summed E-state index contributed by atoms with van der Waals surface area (Å²) in [5.74, 6) is 0. The third kappa shape index (κ3) is 2.22. The Bertz CT molecular complexity index is 159. The normalized spacial score (nSPS) is 34.8. The number of fused-ring (bicyclic) bond motifs is 4. The molecule has 3 aliphatic rings. The van der Waals surface area contributed by atoms with Gasteiger partial charge in [-0.15, -0.1) is 0 Å². The summed E-state index contributed by atoms with van der Waals surface area (Å²) in [5, 5.41) is 8.78. The Morgan fingerprint density at radius 2 is 2.31 bits per heavy atom. The van der Waals surface area contributed by atoms with Crippen LogP contribution in [0.1, 0.15) is 25.7 Å². The van der Waals surface area contributed by atoms with Crippen molar-refractivity contribution >= 4 is 0 Å². The molecule has 0 amide bonds. The Morgan fingerprint density at radius 3 is 3.15 bits per heavy atom. The number of morpholine rings is 1. The second-order valence-electron chi connectivity index (χ2n) is 4.11. The number of aliphatic hydroxyl groups is 1. The smallest absolute Gasteiger partial charge is 0.0702 e. The minimum absolute atomic E-state index is 0.314. The molecule has 3 saturated heterocycles. The van der Waals surface area contributed by atoms with Gasteiger partial charge in [-0.25, -0.2) is 0 Å². The SMILES string of the molecule is OCCCN1CC2CCCC1CO2. The van der Waals surface area contributed by atoms with Crippen LogP contribution >= 0.6 is 0 Å². The Hall–Kier alpha value is -0.120. The molecule has 3 nitrogen and oxygen atoms in total. The summed E-state index contributed by atoms with van der Waals surface area (Å²) in [4.78, 5) is 2.50. The van der Waals surface area contributed by atoms with Gasteiger partial charge >= 0.3 is 0 Å². The molecule has 3 rings (SSSR count). The Labute approximate surface area is 79.7 Å². The average Bonchev–Trinajstić information content (AvgIpc) is 2.48. The van der Waals surface area contributed by atoms with E-state index < -0.39 is 0 Å². The van der Waals surface area contributed by atoms with Crippen LogP contribution in [0.4, 0.5) is 0 Å². The fraction of sp³-hybridized carbons (Fsp3) is 1.00. The van der Waals surface area contributed by atoms with Crippen molar-refractivity contribution in [3.63, 3.8) is 0 Å². The fourth-order valence-corrected chi connectivity index (χ4v) is 2.39. The number of rotatable bonds is 3. The van der Waals surface area contributed by atoms with E-state index in [1.807, 2.05) is 0 Å². The molecule has 2 atom stereocenters. The van der Waals surface area contributed by atoms with Gasteiger partial charge in [-0.3, -0.25) is 4.90 Å². The second-order valence-corrected chi connectivity index (χ2v) is 4.11. The third-order valence-electron chi connectivity index (χ3n) is 3.15. The second kappa shape index (κ2) is 4.40. The summed E-state index contributed by atoms with van der Waals surface area (Å²) in [6, 6.07) is 0.630. The van der Waals surface area contributed by atoms with Gasteiger partial charge in [0.25, 0.3) is 0 Å². The van der Waals surface area contributed by atoms with Crippen molar-refractivity contribution in [2.75, 3.05) is 26.3 Å². The van der Waals surface area contributed by atoms with E-state index in [0.717, 1.165) is 26.1 Å². The van der Waals surface area contributed by atoms with Crippen LogP contribution in [0.3, 0.4) is 0 Å². The monoisotopic (exact) mass is 185 g/mol. The van der Waals surface area contributed by atoms with E-state index in [9.17, 15) is 0 Å². The number of ether oxygens (including phenoxy) is 1. The van der Waals surface area contributed by atoms with Crippen molar-refractivity contribution in [2.24, 2.45) is 0 Å². The standard InChI is InChI=1S/C10H19NO2/c12-6-2-5-11-7-10-4-1-3-9(11)8-13-10/h9-10,12H,1-8H2. The van der Waals surface area contributed by atoms with E-state index in [2.05, 4.69) is 4.90 Å². The first kappa shape index (κ1) is 9.44. The van der Waals surface area contributed by atoms with Crippen molar-refractivity contribution in [1.82, 2.24) is 4.90 Å². The topological polar surface area (TPSA) is 32.7 Å². The molecule has 2 unspecified atom stereocenters. The lowest BCUT2D eigenvalue weighted by molar-refractivity contribution is -0.0509. The van der Waals surface area contributed by atoms with Gasteiger partial charge in [0.15, 0.2) is 0 Å². The van der Waals surface area contributed by atoms with Gasteiger partial charge in [0.05, 0.1) is 12.7 Å². The molecule has 3 fully saturated rings. The summed E-state index contributed by atoms with van der Waals surface area (Å²) >= 11 is 0. The van der Waals surface area contributed by atoms with Crippen molar-refractivity contribution in [2.45, 2.75) is 37.8 Å². The van der Waals surface area contributed by atoms with Crippen LogP contribution in [0.15, 0.2) is 0 Å². The van der Waals surface area contributed by atoms with E-state index in [4.69, 9.17) is 9.84 Å². The minimum Gasteiger partial charge on any atom is -0.396 e. The third-order valence-corrected chi connectivity index (χ3v) is 3.15. The fourth-order valence-electron chi connectivity index (χ4n) is 2.39. The van der Waals surface area contributed by atoms with Gasteiger partial charge in [-0.05, 0) is 25.7 Å². The van der Waals surface area contributed by atoms with E-state index in [-0.39, 0.29) is 0 Å². The van der Waals surface area contributed by atoms with Gasteiger partial charge in [-0.1, -0.05) is 0 Å². The predicted octanol–water partition coefficient (Wildman–Crippen LogP) is 0.622. The lowest BCUT2D eigenvalue weighted by Gasteiger charge is -2.36. The molecular formula is C10H19NO2. The van der Waals surface area contributed by atoms with E-state index >= 15 is 0 Å². The largest absolute Gasteiger partial charge is 0.396 e. The highest BCUT2D eigenvalue weighted by molar-refractivity contribution is 4.84. The molecule has 0 spiro atoms. The zero-order valence-corrected chi connectivity index (χ0v) is 8.11. The maximum atomic E-state index is 8.78. The van der Waals surface area contributed by atoms with Crippen molar-refractivity contribution < 1.29 is 9.84 Å². The molecule has 0 saturated carbocycles. The van der Waals surface area contributed by atoms with Gasteiger partial charge in [0.1, 0.15) is 0 Å². The molecule has 2 bridgehead atoms. The molecule has 0 aromatic heterocycles. The zero-order valence-electron chi connectivity index (χ0n) is 8.11. The highest BCUT2D eigenvalue weighted by Crippen LogP contribution is 2.24. The first-order chi connectivity index (χ1) is 6.40. The van der Waals surface area contributed by atoms with Crippen molar-refractivity contribution in [1.29, 1.82) is 0 Å². The zero-order chi connectivity index (χ0) is 9.10. The summed E-state index contributed by atoms with van der Waals surface area (Å²) < 4.78 is 5.71. The van der Waals surface area contributed by atoms with Crippen LogP contribution in [0.5, 0.6) is 0 Å². The number of nitrogens with zero attached hydrogens (tertiary/aromatic N) is 1. The Balaban J connectivity index is 1.88. The van der Waals surface area contributed by atoms with Gasteiger partial charge in [-0.2, -0.15) is 0 Å². The number of hydrogen-bond acceptors (Lipinski definition) is 3. The predicted molar refractivity (Wildman–Crippen MR) is 50.7 cm³/mol. The van der Waals surface area contributed by atoms with Gasteiger partial charge in [0.2, 0.25) is 0 Å². The minimum atomic E-state index is 0.314. The molecule has 13 heavy (non-hydrogen) atoms. The van der Waals surface area contributed by atoms with Gasteiger partial charge in [0, 0.05) is 25.7 Å². The van der Waals surface area contributed by atoms with Crippen LogP contribution in [0, 0.1) is 0 Å². The summed E-state index contributed by atoms with van der Waals surface area (Å²) in [7, 11) is 0. The van der Waals surface area contributed by atoms with Crippen LogP contribution < -0.4 is 0 Å². The highest BCUT2D eigenvalue weighted by atomic mass is 16.5. The molecule has 1 N–H and O–H groups in total. The van der Waals surface area contributed by atoms with E-state index in [1.54, 1.807) is 0 Å². The average molecular weight is 185 g/mol. The van der Waals surface area contributed by atoms with Crippen LogP contribution in [0.2, 0.25) is 0 Å². The lowest BCUT2D eigenvalue weighted by Crippen LogP contribution is -2.47. The molecule has 0 aliphatic carbocycles. The molecule has 3 heterocycles. The number of hydrogen-bond donors (Lipinski definition) is 1. The Kier molecular flexibility index (Phi) is 3.19. The molecule has 3 aliphatic heterocycles. The lowest BCUT2D eigenvalue weighted by atomic mass is 10.1. The molecular weight excluding hydrogens is 166 g/mol. The molecule has 3 heteroatoms. The quantitative estimate of drug-likeness (QED) is 0.699. The molecule has 76 valence electrons. The Morgan fingerprint density at radius 1 is 1.38 bits per heavy atom. The summed E-state index contributed by atoms with van der Waals surface area (Å²) in [5.41, 5.74) is 0. The van der Waals surface area contributed by atoms with Crippen LogP contribution in [-0.4, -0.2) is 48.5 Å². The molecule has 0 aromatic carbocycles. The summed E-state index contributed by atoms with van der Waals surface area (Å²) in [6.45, 7) is 3.36. The number of aliphatic hydroxyl groups excluding tert-OH is 1. The van der Waals surface area contributed by atoms with E-state index in [1.165, 1.54) is 19.3 Å². The van der Waals surface area contributed by atoms with Gasteiger partial charge < -0.3 is 9.84 Å². The van der Waals surface area contributed by atoms with Crippen molar-refractivity contribution in [3.8, 4) is 0 Å². The first-order valence-electron chi connectivity index (χ1n) is 5.36. The summed E-state index contributed by atoms with van der Waals surface area (Å²) in [6.07, 6.45) is 5.19.